The number of carbonyl (C=O) groups excluding carboxylic acids is 1. The Bertz CT molecular complexity index is 903. The number of aromatic nitrogens is 3. The first kappa shape index (κ1) is 15.5. The Labute approximate surface area is 134 Å². The van der Waals surface area contributed by atoms with Gasteiger partial charge < -0.3 is 5.32 Å². The predicted octanol–water partition coefficient (Wildman–Crippen LogP) is 0.968. The largest absolute Gasteiger partial charge is 0.321 e. The van der Waals surface area contributed by atoms with Crippen LogP contribution in [0.15, 0.2) is 23.2 Å². The van der Waals surface area contributed by atoms with E-state index in [1.54, 1.807) is 33.0 Å². The number of rotatable bonds is 2. The van der Waals surface area contributed by atoms with Gasteiger partial charge in [0.1, 0.15) is 10.9 Å². The molecule has 122 valence electrons. The molecule has 0 bridgehead atoms. The topological polar surface area (TPSA) is 97.2 Å². The van der Waals surface area contributed by atoms with Crippen molar-refractivity contribution in [1.82, 2.24) is 14.8 Å². The minimum atomic E-state index is -3.97. The quantitative estimate of drug-likeness (QED) is 0.882. The van der Waals surface area contributed by atoms with Crippen LogP contribution in [-0.2, 0) is 21.9 Å². The lowest BCUT2D eigenvalue weighted by Crippen LogP contribution is -2.49. The SMILES string of the molecule is Cc1nn(C)c(C)c1S(=O)(=O)N1c2ncccc2NC(=O)[C@H]1C. The first-order valence-corrected chi connectivity index (χ1v) is 8.49. The van der Waals surface area contributed by atoms with Gasteiger partial charge in [-0.25, -0.2) is 17.7 Å². The van der Waals surface area contributed by atoms with Gasteiger partial charge in [0.25, 0.3) is 10.0 Å². The van der Waals surface area contributed by atoms with Crippen LogP contribution in [0.2, 0.25) is 0 Å². The number of carbonyl (C=O) groups is 1. The molecule has 0 fully saturated rings. The van der Waals surface area contributed by atoms with E-state index in [-0.39, 0.29) is 10.7 Å². The second-order valence-electron chi connectivity index (χ2n) is 5.46. The van der Waals surface area contributed by atoms with Crippen molar-refractivity contribution >= 4 is 27.4 Å². The maximum atomic E-state index is 13.2. The number of amides is 1. The summed E-state index contributed by atoms with van der Waals surface area (Å²) >= 11 is 0. The summed E-state index contributed by atoms with van der Waals surface area (Å²) in [6, 6.07) is 2.36. The molecule has 1 aliphatic heterocycles. The van der Waals surface area contributed by atoms with Gasteiger partial charge in [0.05, 0.1) is 17.1 Å². The number of pyridine rings is 1. The Morgan fingerprint density at radius 3 is 2.61 bits per heavy atom. The second kappa shape index (κ2) is 5.05. The van der Waals surface area contributed by atoms with E-state index in [9.17, 15) is 13.2 Å². The molecule has 9 heteroatoms. The van der Waals surface area contributed by atoms with Crippen molar-refractivity contribution in [2.24, 2.45) is 7.05 Å². The van der Waals surface area contributed by atoms with Crippen LogP contribution in [0.3, 0.4) is 0 Å². The summed E-state index contributed by atoms with van der Waals surface area (Å²) in [6.45, 7) is 4.85. The van der Waals surface area contributed by atoms with E-state index in [2.05, 4.69) is 15.4 Å². The average molecular weight is 335 g/mol. The zero-order valence-corrected chi connectivity index (χ0v) is 14.0. The Kier molecular flexibility index (Phi) is 3.40. The number of hydrogen-bond donors (Lipinski definition) is 1. The summed E-state index contributed by atoms with van der Waals surface area (Å²) in [5, 5.41) is 6.83. The molecule has 0 saturated carbocycles. The second-order valence-corrected chi connectivity index (χ2v) is 7.22. The summed E-state index contributed by atoms with van der Waals surface area (Å²) in [7, 11) is -2.29. The van der Waals surface area contributed by atoms with E-state index in [0.29, 0.717) is 17.1 Å². The summed E-state index contributed by atoms with van der Waals surface area (Å²) in [5.41, 5.74) is 1.28. The Balaban J connectivity index is 2.25. The van der Waals surface area contributed by atoms with E-state index in [4.69, 9.17) is 0 Å². The molecule has 3 heterocycles. The zero-order chi connectivity index (χ0) is 16.9. The number of nitrogens with zero attached hydrogens (tertiary/aromatic N) is 4. The maximum Gasteiger partial charge on any atom is 0.269 e. The fourth-order valence-electron chi connectivity index (χ4n) is 2.75. The van der Waals surface area contributed by atoms with Crippen molar-refractivity contribution in [2.75, 3.05) is 9.62 Å². The molecule has 0 radical (unpaired) electrons. The van der Waals surface area contributed by atoms with Gasteiger partial charge in [0.15, 0.2) is 5.82 Å². The van der Waals surface area contributed by atoms with Crippen molar-refractivity contribution in [3.05, 3.63) is 29.7 Å². The molecule has 1 aliphatic rings. The smallest absolute Gasteiger partial charge is 0.269 e. The van der Waals surface area contributed by atoms with Gasteiger partial charge in [-0.05, 0) is 32.9 Å². The van der Waals surface area contributed by atoms with Crippen LogP contribution < -0.4 is 9.62 Å². The number of anilines is 2. The number of sulfonamides is 1. The van der Waals surface area contributed by atoms with Gasteiger partial charge in [-0.2, -0.15) is 5.10 Å². The molecule has 1 amide bonds. The minimum absolute atomic E-state index is 0.109. The molecule has 0 spiro atoms. The van der Waals surface area contributed by atoms with Crippen molar-refractivity contribution in [3.8, 4) is 0 Å². The minimum Gasteiger partial charge on any atom is -0.321 e. The Morgan fingerprint density at radius 1 is 1.30 bits per heavy atom. The average Bonchev–Trinajstić information content (AvgIpc) is 2.73. The molecule has 0 aromatic carbocycles. The third-order valence-corrected chi connectivity index (χ3v) is 6.06. The standard InChI is InChI=1S/C14H17N5O3S/c1-8-12(9(2)18(4)17-8)23(21,22)19-10(3)14(20)16-11-6-5-7-15-13(11)19/h5-7,10H,1-4H3,(H,16,20)/t10-/m1/s1. The van der Waals surface area contributed by atoms with Crippen molar-refractivity contribution in [1.29, 1.82) is 0 Å². The third-order valence-electron chi connectivity index (χ3n) is 3.94. The van der Waals surface area contributed by atoms with Gasteiger partial charge in [-0.3, -0.25) is 9.48 Å². The highest BCUT2D eigenvalue weighted by Crippen LogP contribution is 2.35. The molecule has 2 aromatic rings. The summed E-state index contributed by atoms with van der Waals surface area (Å²) in [6.07, 6.45) is 1.49. The van der Waals surface area contributed by atoms with E-state index in [1.165, 1.54) is 17.8 Å². The molecule has 3 rings (SSSR count). The van der Waals surface area contributed by atoms with E-state index >= 15 is 0 Å². The van der Waals surface area contributed by atoms with Gasteiger partial charge in [0.2, 0.25) is 5.91 Å². The highest BCUT2D eigenvalue weighted by Gasteiger charge is 2.41. The van der Waals surface area contributed by atoms with Crippen LogP contribution in [0.25, 0.3) is 0 Å². The van der Waals surface area contributed by atoms with Gasteiger partial charge in [-0.1, -0.05) is 0 Å². The molecule has 23 heavy (non-hydrogen) atoms. The Morgan fingerprint density at radius 2 is 2.00 bits per heavy atom. The number of aryl methyl sites for hydroxylation is 2. The van der Waals surface area contributed by atoms with Crippen LogP contribution in [0.4, 0.5) is 11.5 Å². The molecule has 8 nitrogen and oxygen atoms in total. The van der Waals surface area contributed by atoms with E-state index in [1.807, 2.05) is 0 Å². The van der Waals surface area contributed by atoms with Crippen molar-refractivity contribution < 1.29 is 13.2 Å². The Hall–Kier alpha value is -2.42. The number of hydrogen-bond acceptors (Lipinski definition) is 5. The van der Waals surface area contributed by atoms with Crippen molar-refractivity contribution in [2.45, 2.75) is 31.7 Å². The molecule has 0 aliphatic carbocycles. The number of nitrogens with one attached hydrogen (secondary N) is 1. The van der Waals surface area contributed by atoms with Gasteiger partial charge >= 0.3 is 0 Å². The lowest BCUT2D eigenvalue weighted by Gasteiger charge is -2.33. The molecular formula is C14H17N5O3S. The fourth-order valence-corrected chi connectivity index (χ4v) is 4.75. The normalized spacial score (nSPS) is 17.8. The maximum absolute atomic E-state index is 13.2. The third kappa shape index (κ3) is 2.19. The van der Waals surface area contributed by atoms with Crippen LogP contribution in [0.5, 0.6) is 0 Å². The first-order chi connectivity index (χ1) is 10.7. The fraction of sp³-hybridized carbons (Fsp3) is 0.357. The molecule has 0 unspecified atom stereocenters. The van der Waals surface area contributed by atoms with Gasteiger partial charge in [0, 0.05) is 13.2 Å². The summed E-state index contributed by atoms with van der Waals surface area (Å²) in [5.74, 6) is -0.185. The summed E-state index contributed by atoms with van der Waals surface area (Å²) < 4.78 is 29.0. The lowest BCUT2D eigenvalue weighted by atomic mass is 10.2. The van der Waals surface area contributed by atoms with E-state index in [0.717, 1.165) is 4.31 Å². The highest BCUT2D eigenvalue weighted by molar-refractivity contribution is 7.93. The molecule has 2 aromatic heterocycles. The molecule has 1 atom stereocenters. The van der Waals surface area contributed by atoms with Crippen LogP contribution in [-0.4, -0.2) is 35.1 Å². The molecule has 1 N–H and O–H groups in total. The van der Waals surface area contributed by atoms with Crippen LogP contribution >= 0.6 is 0 Å². The number of fused-ring (bicyclic) bond motifs is 1. The van der Waals surface area contributed by atoms with Crippen molar-refractivity contribution in [3.63, 3.8) is 0 Å². The van der Waals surface area contributed by atoms with Crippen LogP contribution in [0, 0.1) is 13.8 Å². The molecular weight excluding hydrogens is 318 g/mol. The monoisotopic (exact) mass is 335 g/mol. The summed E-state index contributed by atoms with van der Waals surface area (Å²) in [4.78, 5) is 16.4. The highest BCUT2D eigenvalue weighted by atomic mass is 32.2. The van der Waals surface area contributed by atoms with Crippen LogP contribution in [0.1, 0.15) is 18.3 Å². The zero-order valence-electron chi connectivity index (χ0n) is 13.2. The van der Waals surface area contributed by atoms with E-state index < -0.39 is 22.0 Å². The first-order valence-electron chi connectivity index (χ1n) is 7.05. The molecule has 0 saturated heterocycles. The lowest BCUT2D eigenvalue weighted by molar-refractivity contribution is -0.117. The van der Waals surface area contributed by atoms with Gasteiger partial charge in [-0.15, -0.1) is 0 Å². The predicted molar refractivity (Wildman–Crippen MR) is 84.7 cm³/mol.